The molecule has 0 atom stereocenters. The van der Waals surface area contributed by atoms with Gasteiger partial charge in [0.15, 0.2) is 0 Å². The summed E-state index contributed by atoms with van der Waals surface area (Å²) in [7, 11) is 0. The number of carbonyl (C=O) groups excluding carboxylic acids is 1. The number of para-hydroxylation sites is 2. The Balaban J connectivity index is 0.000000273. The van der Waals surface area contributed by atoms with Crippen LogP contribution in [0.3, 0.4) is 0 Å². The van der Waals surface area contributed by atoms with Gasteiger partial charge in [-0.05, 0) is 30.7 Å². The van der Waals surface area contributed by atoms with Crippen LogP contribution in [0.15, 0.2) is 73.3 Å². The Hall–Kier alpha value is -2.27. The molecule has 0 saturated heterocycles. The number of rotatable bonds is 10. The minimum atomic E-state index is -0.394. The topological polar surface area (TPSA) is 44.8 Å². The molecule has 5 heteroatoms. The molecule has 0 aliphatic carbocycles. The molecule has 26 heavy (non-hydrogen) atoms. The quantitative estimate of drug-likeness (QED) is 0.234. The van der Waals surface area contributed by atoms with E-state index in [9.17, 15) is 4.79 Å². The molecule has 0 fully saturated rings. The third-order valence-corrected chi connectivity index (χ3v) is 3.56. The lowest BCUT2D eigenvalue weighted by Crippen LogP contribution is -2.06. The van der Waals surface area contributed by atoms with Gasteiger partial charge in [-0.2, -0.15) is 0 Å². The van der Waals surface area contributed by atoms with E-state index in [0.29, 0.717) is 19.6 Å². The molecule has 4 nitrogen and oxygen atoms in total. The van der Waals surface area contributed by atoms with E-state index in [-0.39, 0.29) is 0 Å². The molecule has 0 radical (unpaired) electrons. The van der Waals surface area contributed by atoms with Crippen molar-refractivity contribution in [3.8, 4) is 11.5 Å². The lowest BCUT2D eigenvalue weighted by molar-refractivity contribution is -0.137. The molecule has 0 aliphatic rings. The van der Waals surface area contributed by atoms with Crippen LogP contribution in [0.4, 0.5) is 0 Å². The lowest BCUT2D eigenvalue weighted by atomic mass is 10.3. The molecule has 0 N–H and O–H groups in total. The summed E-state index contributed by atoms with van der Waals surface area (Å²) in [5.74, 6) is 1.38. The maximum absolute atomic E-state index is 10.7. The maximum Gasteiger partial charge on any atom is 0.330 e. The summed E-state index contributed by atoms with van der Waals surface area (Å²) >= 11 is 3.34. The van der Waals surface area contributed by atoms with Crippen molar-refractivity contribution in [1.82, 2.24) is 0 Å². The molecule has 2 aromatic carbocycles. The van der Waals surface area contributed by atoms with Gasteiger partial charge < -0.3 is 14.2 Å². The number of esters is 1. The fourth-order valence-electron chi connectivity index (χ4n) is 1.76. The molecular formula is C21H25BrO4. The third-order valence-electron chi connectivity index (χ3n) is 3.00. The van der Waals surface area contributed by atoms with Crippen LogP contribution in [0.2, 0.25) is 0 Å². The third kappa shape index (κ3) is 11.3. The highest BCUT2D eigenvalue weighted by Crippen LogP contribution is 2.09. The Bertz CT molecular complexity index is 602. The lowest BCUT2D eigenvalue weighted by Gasteiger charge is -2.05. The summed E-state index contributed by atoms with van der Waals surface area (Å²) in [6.07, 6.45) is 2.88. The van der Waals surface area contributed by atoms with Crippen molar-refractivity contribution in [3.05, 3.63) is 73.3 Å². The zero-order valence-corrected chi connectivity index (χ0v) is 16.4. The van der Waals surface area contributed by atoms with Crippen LogP contribution in [0.1, 0.15) is 12.8 Å². The number of hydrogen-bond acceptors (Lipinski definition) is 4. The first-order valence-corrected chi connectivity index (χ1v) is 9.59. The number of alkyl halides is 1. The van der Waals surface area contributed by atoms with Gasteiger partial charge in [0.1, 0.15) is 11.5 Å². The van der Waals surface area contributed by atoms with E-state index < -0.39 is 5.97 Å². The average molecular weight is 421 g/mol. The van der Waals surface area contributed by atoms with E-state index >= 15 is 0 Å². The normalized spacial score (nSPS) is 9.42. The minimum absolute atomic E-state index is 0.359. The second-order valence-electron chi connectivity index (χ2n) is 5.09. The van der Waals surface area contributed by atoms with Gasteiger partial charge in [0.2, 0.25) is 0 Å². The zero-order chi connectivity index (χ0) is 18.9. The van der Waals surface area contributed by atoms with Gasteiger partial charge in [-0.3, -0.25) is 0 Å². The van der Waals surface area contributed by atoms with Crippen molar-refractivity contribution in [2.24, 2.45) is 0 Å². The number of halogens is 1. The van der Waals surface area contributed by atoms with Gasteiger partial charge >= 0.3 is 5.97 Å². The van der Waals surface area contributed by atoms with Crippen LogP contribution in [-0.4, -0.2) is 31.1 Å². The second-order valence-corrected chi connectivity index (χ2v) is 5.88. The summed E-state index contributed by atoms with van der Waals surface area (Å²) in [5.41, 5.74) is 0. The fraction of sp³-hybridized carbons (Fsp3) is 0.286. The van der Waals surface area contributed by atoms with Gasteiger partial charge in [-0.1, -0.05) is 58.9 Å². The standard InChI is InChI=1S/C12H14O3.C9H11BrO/c1-2-12(13)15-10-6-9-14-11-7-4-3-5-8-11;10-7-4-8-11-9-5-2-1-3-6-9/h2-5,7-8H,1,6,9-10H2;1-3,5-6H,4,7-8H2. The van der Waals surface area contributed by atoms with Crippen LogP contribution in [0.5, 0.6) is 11.5 Å². The molecule has 0 saturated carbocycles. The first-order valence-electron chi connectivity index (χ1n) is 8.47. The Kier molecular flexibility index (Phi) is 12.6. The van der Waals surface area contributed by atoms with Crippen molar-refractivity contribution in [2.75, 3.05) is 25.2 Å². The van der Waals surface area contributed by atoms with Crippen molar-refractivity contribution in [2.45, 2.75) is 12.8 Å². The Morgan fingerprint density at radius 3 is 1.81 bits per heavy atom. The Labute approximate surface area is 163 Å². The van der Waals surface area contributed by atoms with E-state index in [1.54, 1.807) is 0 Å². The molecule has 140 valence electrons. The summed E-state index contributed by atoms with van der Waals surface area (Å²) < 4.78 is 15.6. The van der Waals surface area contributed by atoms with Crippen molar-refractivity contribution >= 4 is 21.9 Å². The highest BCUT2D eigenvalue weighted by molar-refractivity contribution is 9.09. The van der Waals surface area contributed by atoms with Gasteiger partial charge in [-0.15, -0.1) is 0 Å². The molecule has 0 heterocycles. The molecule has 0 spiro atoms. The Morgan fingerprint density at radius 1 is 0.846 bits per heavy atom. The monoisotopic (exact) mass is 420 g/mol. The predicted octanol–water partition coefficient (Wildman–Crippen LogP) is 5.04. The predicted molar refractivity (Wildman–Crippen MR) is 108 cm³/mol. The fourth-order valence-corrected chi connectivity index (χ4v) is 1.99. The van der Waals surface area contributed by atoms with Crippen molar-refractivity contribution < 1.29 is 19.0 Å². The number of hydrogen-bond donors (Lipinski definition) is 0. The molecule has 0 amide bonds. The van der Waals surface area contributed by atoms with Crippen molar-refractivity contribution in [3.63, 3.8) is 0 Å². The van der Waals surface area contributed by atoms with E-state index in [4.69, 9.17) is 14.2 Å². The van der Waals surface area contributed by atoms with Crippen LogP contribution >= 0.6 is 15.9 Å². The van der Waals surface area contributed by atoms with Crippen LogP contribution in [0, 0.1) is 0 Å². The molecule has 0 aromatic heterocycles. The average Bonchev–Trinajstić information content (AvgIpc) is 2.70. The van der Waals surface area contributed by atoms with E-state index in [2.05, 4.69) is 22.5 Å². The first kappa shape index (κ1) is 21.8. The highest BCUT2D eigenvalue weighted by atomic mass is 79.9. The van der Waals surface area contributed by atoms with E-state index in [1.165, 1.54) is 0 Å². The van der Waals surface area contributed by atoms with Crippen LogP contribution in [0.25, 0.3) is 0 Å². The van der Waals surface area contributed by atoms with Gasteiger partial charge in [0.05, 0.1) is 19.8 Å². The molecular weight excluding hydrogens is 396 g/mol. The maximum atomic E-state index is 10.7. The first-order chi connectivity index (χ1) is 12.8. The van der Waals surface area contributed by atoms with E-state index in [1.807, 2.05) is 60.7 Å². The molecule has 2 rings (SSSR count). The SMILES string of the molecule is BrCCCOc1ccccc1.C=CC(=O)OCCCOc1ccccc1. The molecule has 2 aromatic rings. The van der Waals surface area contributed by atoms with Crippen LogP contribution in [-0.2, 0) is 9.53 Å². The minimum Gasteiger partial charge on any atom is -0.494 e. The zero-order valence-electron chi connectivity index (χ0n) is 14.8. The smallest absolute Gasteiger partial charge is 0.330 e. The van der Waals surface area contributed by atoms with Gasteiger partial charge in [0, 0.05) is 17.8 Å². The summed E-state index contributed by atoms with van der Waals surface area (Å²) in [4.78, 5) is 10.7. The summed E-state index contributed by atoms with van der Waals surface area (Å²) in [6.45, 7) is 4.98. The highest BCUT2D eigenvalue weighted by Gasteiger charge is 1.95. The van der Waals surface area contributed by atoms with Crippen LogP contribution < -0.4 is 9.47 Å². The summed E-state index contributed by atoms with van der Waals surface area (Å²) in [5, 5.41) is 1.000. The molecule has 0 unspecified atom stereocenters. The molecule has 0 aliphatic heterocycles. The van der Waals surface area contributed by atoms with E-state index in [0.717, 1.165) is 35.9 Å². The van der Waals surface area contributed by atoms with Crippen molar-refractivity contribution in [1.29, 1.82) is 0 Å². The molecule has 0 bridgehead atoms. The number of carbonyl (C=O) groups is 1. The largest absolute Gasteiger partial charge is 0.494 e. The van der Waals surface area contributed by atoms with Gasteiger partial charge in [-0.25, -0.2) is 4.79 Å². The number of benzene rings is 2. The summed E-state index contributed by atoms with van der Waals surface area (Å²) in [6, 6.07) is 19.4. The number of ether oxygens (including phenoxy) is 3. The second kappa shape index (κ2) is 15.0. The Morgan fingerprint density at radius 2 is 1.35 bits per heavy atom. The van der Waals surface area contributed by atoms with Gasteiger partial charge in [0.25, 0.3) is 0 Å².